The SMILES string of the molecule is CCN(Cc1ccccc1C)C(=O)CCc1cc(OC)c(OC)c(OC)c1. The molecule has 0 aliphatic rings. The van der Waals surface area contributed by atoms with Gasteiger partial charge in [-0.15, -0.1) is 0 Å². The number of amides is 1. The lowest BCUT2D eigenvalue weighted by molar-refractivity contribution is -0.131. The molecule has 0 saturated carbocycles. The molecule has 0 aliphatic carbocycles. The van der Waals surface area contributed by atoms with Gasteiger partial charge in [0.25, 0.3) is 0 Å². The van der Waals surface area contributed by atoms with Gasteiger partial charge in [-0.05, 0) is 49.1 Å². The van der Waals surface area contributed by atoms with Gasteiger partial charge in [0.2, 0.25) is 11.7 Å². The van der Waals surface area contributed by atoms with Crippen molar-refractivity contribution in [3.63, 3.8) is 0 Å². The van der Waals surface area contributed by atoms with Gasteiger partial charge in [-0.25, -0.2) is 0 Å². The number of methoxy groups -OCH3 is 3. The molecule has 0 saturated heterocycles. The number of carbonyl (C=O) groups is 1. The standard InChI is InChI=1S/C22H29NO4/c1-6-23(15-18-10-8-7-9-16(18)2)21(24)12-11-17-13-19(25-3)22(27-5)20(14-17)26-4/h7-10,13-14H,6,11-12,15H2,1-5H3. The average Bonchev–Trinajstić information content (AvgIpc) is 2.70. The van der Waals surface area contributed by atoms with Crippen molar-refractivity contribution in [3.8, 4) is 17.2 Å². The van der Waals surface area contributed by atoms with E-state index in [4.69, 9.17) is 14.2 Å². The molecule has 0 unspecified atom stereocenters. The summed E-state index contributed by atoms with van der Waals surface area (Å²) in [6.45, 7) is 5.40. The Bertz CT molecular complexity index is 748. The topological polar surface area (TPSA) is 48.0 Å². The quantitative estimate of drug-likeness (QED) is 0.668. The van der Waals surface area contributed by atoms with E-state index >= 15 is 0 Å². The van der Waals surface area contributed by atoms with Crippen LogP contribution in [-0.2, 0) is 17.8 Å². The van der Waals surface area contributed by atoms with Gasteiger partial charge >= 0.3 is 0 Å². The molecule has 0 aliphatic heterocycles. The lowest BCUT2D eigenvalue weighted by atomic mass is 10.1. The minimum absolute atomic E-state index is 0.134. The zero-order valence-corrected chi connectivity index (χ0v) is 16.9. The van der Waals surface area contributed by atoms with E-state index in [2.05, 4.69) is 19.1 Å². The zero-order valence-electron chi connectivity index (χ0n) is 16.9. The van der Waals surface area contributed by atoms with Crippen molar-refractivity contribution in [3.05, 3.63) is 53.1 Å². The van der Waals surface area contributed by atoms with E-state index in [0.29, 0.717) is 43.2 Å². The van der Waals surface area contributed by atoms with Crippen LogP contribution in [0.4, 0.5) is 0 Å². The lowest BCUT2D eigenvalue weighted by Crippen LogP contribution is -2.30. The number of aryl methyl sites for hydroxylation is 2. The Morgan fingerprint density at radius 1 is 1.00 bits per heavy atom. The summed E-state index contributed by atoms with van der Waals surface area (Å²) in [4.78, 5) is 14.6. The Morgan fingerprint density at radius 2 is 1.63 bits per heavy atom. The highest BCUT2D eigenvalue weighted by molar-refractivity contribution is 5.76. The van der Waals surface area contributed by atoms with Crippen LogP contribution >= 0.6 is 0 Å². The Labute approximate surface area is 161 Å². The average molecular weight is 371 g/mol. The minimum atomic E-state index is 0.134. The highest BCUT2D eigenvalue weighted by Gasteiger charge is 2.16. The number of benzene rings is 2. The molecule has 2 rings (SSSR count). The Hall–Kier alpha value is -2.69. The van der Waals surface area contributed by atoms with Crippen LogP contribution in [0.25, 0.3) is 0 Å². The highest BCUT2D eigenvalue weighted by Crippen LogP contribution is 2.38. The molecule has 0 atom stereocenters. The van der Waals surface area contributed by atoms with E-state index in [9.17, 15) is 4.79 Å². The number of nitrogens with zero attached hydrogens (tertiary/aromatic N) is 1. The third kappa shape index (κ3) is 5.16. The van der Waals surface area contributed by atoms with Crippen LogP contribution in [0.2, 0.25) is 0 Å². The summed E-state index contributed by atoms with van der Waals surface area (Å²) in [5.41, 5.74) is 3.36. The van der Waals surface area contributed by atoms with E-state index in [1.807, 2.05) is 36.1 Å². The van der Waals surface area contributed by atoms with Crippen LogP contribution in [-0.4, -0.2) is 38.7 Å². The summed E-state index contributed by atoms with van der Waals surface area (Å²) in [7, 11) is 4.76. The monoisotopic (exact) mass is 371 g/mol. The summed E-state index contributed by atoms with van der Waals surface area (Å²) in [5.74, 6) is 1.90. The Kier molecular flexibility index (Phi) is 7.53. The van der Waals surface area contributed by atoms with Crippen molar-refractivity contribution >= 4 is 5.91 Å². The first-order valence-corrected chi connectivity index (χ1v) is 9.15. The van der Waals surface area contributed by atoms with Crippen molar-refractivity contribution < 1.29 is 19.0 Å². The zero-order chi connectivity index (χ0) is 19.8. The highest BCUT2D eigenvalue weighted by atomic mass is 16.5. The molecule has 0 radical (unpaired) electrons. The summed E-state index contributed by atoms with van der Waals surface area (Å²) in [6, 6.07) is 12.0. The molecule has 2 aromatic rings. The molecular weight excluding hydrogens is 342 g/mol. The Balaban J connectivity index is 2.08. The molecule has 146 valence electrons. The number of carbonyl (C=O) groups excluding carboxylic acids is 1. The normalized spacial score (nSPS) is 10.4. The van der Waals surface area contributed by atoms with Crippen LogP contribution in [0, 0.1) is 6.92 Å². The molecular formula is C22H29NO4. The number of hydrogen-bond donors (Lipinski definition) is 0. The molecule has 0 bridgehead atoms. The van der Waals surface area contributed by atoms with E-state index in [1.54, 1.807) is 21.3 Å². The fraction of sp³-hybridized carbons (Fsp3) is 0.409. The second kappa shape index (κ2) is 9.86. The summed E-state index contributed by atoms with van der Waals surface area (Å²) in [6.07, 6.45) is 1.04. The second-order valence-electron chi connectivity index (χ2n) is 6.37. The fourth-order valence-corrected chi connectivity index (χ4v) is 3.06. The molecule has 0 N–H and O–H groups in total. The molecule has 1 amide bonds. The largest absolute Gasteiger partial charge is 0.493 e. The molecule has 0 fully saturated rings. The van der Waals surface area contributed by atoms with Gasteiger partial charge in [0.1, 0.15) is 0 Å². The van der Waals surface area contributed by atoms with Gasteiger partial charge in [-0.3, -0.25) is 4.79 Å². The van der Waals surface area contributed by atoms with E-state index in [1.165, 1.54) is 11.1 Å². The third-order valence-electron chi connectivity index (χ3n) is 4.71. The van der Waals surface area contributed by atoms with Crippen LogP contribution in [0.1, 0.15) is 30.0 Å². The first-order valence-electron chi connectivity index (χ1n) is 9.15. The van der Waals surface area contributed by atoms with Gasteiger partial charge in [0.15, 0.2) is 11.5 Å². The minimum Gasteiger partial charge on any atom is -0.493 e. The number of hydrogen-bond acceptors (Lipinski definition) is 4. The molecule has 0 spiro atoms. The Morgan fingerprint density at radius 3 is 2.15 bits per heavy atom. The predicted octanol–water partition coefficient (Wildman–Crippen LogP) is 4.00. The third-order valence-corrected chi connectivity index (χ3v) is 4.71. The van der Waals surface area contributed by atoms with Gasteiger partial charge in [-0.2, -0.15) is 0 Å². The van der Waals surface area contributed by atoms with Crippen molar-refractivity contribution in [2.75, 3.05) is 27.9 Å². The van der Waals surface area contributed by atoms with Crippen LogP contribution in [0.5, 0.6) is 17.2 Å². The molecule has 0 aromatic heterocycles. The van der Waals surface area contributed by atoms with Crippen LogP contribution in [0.15, 0.2) is 36.4 Å². The van der Waals surface area contributed by atoms with Crippen molar-refractivity contribution in [1.29, 1.82) is 0 Å². The maximum absolute atomic E-state index is 12.7. The van der Waals surface area contributed by atoms with Gasteiger partial charge in [0.05, 0.1) is 21.3 Å². The maximum Gasteiger partial charge on any atom is 0.223 e. The molecule has 27 heavy (non-hydrogen) atoms. The summed E-state index contributed by atoms with van der Waals surface area (Å²) in [5, 5.41) is 0. The first-order chi connectivity index (χ1) is 13.0. The van der Waals surface area contributed by atoms with Gasteiger partial charge < -0.3 is 19.1 Å². The van der Waals surface area contributed by atoms with Gasteiger partial charge in [0, 0.05) is 19.5 Å². The van der Waals surface area contributed by atoms with Crippen molar-refractivity contribution in [2.24, 2.45) is 0 Å². The van der Waals surface area contributed by atoms with Crippen LogP contribution < -0.4 is 14.2 Å². The molecule has 5 heteroatoms. The van der Waals surface area contributed by atoms with Crippen molar-refractivity contribution in [2.45, 2.75) is 33.2 Å². The molecule has 0 heterocycles. The number of ether oxygens (including phenoxy) is 3. The summed E-state index contributed by atoms with van der Waals surface area (Å²) >= 11 is 0. The van der Waals surface area contributed by atoms with Crippen molar-refractivity contribution in [1.82, 2.24) is 4.90 Å². The smallest absolute Gasteiger partial charge is 0.223 e. The molecule has 5 nitrogen and oxygen atoms in total. The lowest BCUT2D eigenvalue weighted by Gasteiger charge is -2.22. The van der Waals surface area contributed by atoms with Crippen LogP contribution in [0.3, 0.4) is 0 Å². The van der Waals surface area contributed by atoms with E-state index in [0.717, 1.165) is 5.56 Å². The summed E-state index contributed by atoms with van der Waals surface area (Å²) < 4.78 is 16.1. The molecule has 2 aromatic carbocycles. The van der Waals surface area contributed by atoms with E-state index < -0.39 is 0 Å². The second-order valence-corrected chi connectivity index (χ2v) is 6.37. The predicted molar refractivity (Wildman–Crippen MR) is 107 cm³/mol. The van der Waals surface area contributed by atoms with E-state index in [-0.39, 0.29) is 5.91 Å². The van der Waals surface area contributed by atoms with Gasteiger partial charge in [-0.1, -0.05) is 24.3 Å². The maximum atomic E-state index is 12.7. The fourth-order valence-electron chi connectivity index (χ4n) is 3.06. The first kappa shape index (κ1) is 20.6. The number of rotatable bonds is 9.